The molecule has 0 radical (unpaired) electrons. The first-order valence-corrected chi connectivity index (χ1v) is 7.46. The maximum absolute atomic E-state index is 5.69. The fraction of sp³-hybridized carbons (Fsp3) is 0.647. The van der Waals surface area contributed by atoms with Gasteiger partial charge in [0.1, 0.15) is 5.75 Å². The Bertz CT molecular complexity index is 337. The lowest BCUT2D eigenvalue weighted by Gasteiger charge is -2.19. The fourth-order valence-corrected chi connectivity index (χ4v) is 2.57. The van der Waals surface area contributed by atoms with E-state index in [0.717, 1.165) is 24.7 Å². The summed E-state index contributed by atoms with van der Waals surface area (Å²) in [4.78, 5) is 0. The van der Waals surface area contributed by atoms with Crippen LogP contribution >= 0.6 is 0 Å². The van der Waals surface area contributed by atoms with Gasteiger partial charge in [-0.2, -0.15) is 0 Å². The molecule has 0 atom stereocenters. The van der Waals surface area contributed by atoms with Crippen LogP contribution in [0.25, 0.3) is 0 Å². The molecule has 0 amide bonds. The Labute approximate surface area is 113 Å². The summed E-state index contributed by atoms with van der Waals surface area (Å²) in [6.45, 7) is 9.71. The van der Waals surface area contributed by atoms with E-state index in [1.54, 1.807) is 0 Å². The number of hydrogen-bond acceptors (Lipinski definition) is 1. The van der Waals surface area contributed by atoms with Gasteiger partial charge in [-0.05, 0) is 55.4 Å². The molecule has 1 aromatic rings. The zero-order chi connectivity index (χ0) is 13.4. The van der Waals surface area contributed by atoms with Crippen molar-refractivity contribution >= 4 is 0 Å². The Morgan fingerprint density at radius 3 is 2.17 bits per heavy atom. The van der Waals surface area contributed by atoms with Crippen LogP contribution in [0.4, 0.5) is 0 Å². The number of ether oxygens (including phenoxy) is 1. The third-order valence-corrected chi connectivity index (χ3v) is 3.43. The molecule has 0 heterocycles. The van der Waals surface area contributed by atoms with Gasteiger partial charge in [0, 0.05) is 0 Å². The topological polar surface area (TPSA) is 9.23 Å². The largest absolute Gasteiger partial charge is 0.494 e. The van der Waals surface area contributed by atoms with Gasteiger partial charge in [0.25, 0.3) is 0 Å². The van der Waals surface area contributed by atoms with Crippen molar-refractivity contribution in [1.29, 1.82) is 0 Å². The highest BCUT2D eigenvalue weighted by atomic mass is 16.5. The lowest BCUT2D eigenvalue weighted by molar-refractivity contribution is 0.317. The van der Waals surface area contributed by atoms with Gasteiger partial charge in [-0.1, -0.05) is 39.7 Å². The Balaban J connectivity index is 2.81. The van der Waals surface area contributed by atoms with E-state index in [1.807, 2.05) is 0 Å². The molecule has 0 saturated heterocycles. The van der Waals surface area contributed by atoms with Gasteiger partial charge in [0.15, 0.2) is 0 Å². The molecule has 1 rings (SSSR count). The molecule has 0 saturated carbocycles. The van der Waals surface area contributed by atoms with Crippen molar-refractivity contribution in [3.63, 3.8) is 0 Å². The normalized spacial score (nSPS) is 10.9. The molecule has 1 nitrogen and oxygen atoms in total. The van der Waals surface area contributed by atoms with Gasteiger partial charge in [-0.25, -0.2) is 0 Å². The van der Waals surface area contributed by atoms with Crippen molar-refractivity contribution in [3.8, 4) is 5.75 Å². The van der Waals surface area contributed by atoms with Crippen molar-refractivity contribution in [3.05, 3.63) is 29.3 Å². The Kier molecular flexibility index (Phi) is 6.85. The second-order valence-electron chi connectivity index (χ2n) is 5.14. The number of rotatable bonds is 8. The summed E-state index contributed by atoms with van der Waals surface area (Å²) in [5, 5.41) is 0. The molecule has 1 heteroatoms. The van der Waals surface area contributed by atoms with Crippen molar-refractivity contribution in [1.82, 2.24) is 0 Å². The van der Waals surface area contributed by atoms with Gasteiger partial charge < -0.3 is 4.74 Å². The van der Waals surface area contributed by atoms with Gasteiger partial charge in [-0.15, -0.1) is 0 Å². The van der Waals surface area contributed by atoms with Crippen LogP contribution in [0.2, 0.25) is 0 Å². The Hall–Kier alpha value is -0.980. The predicted octanol–water partition coefficient (Wildman–Crippen LogP) is 5.47. The van der Waals surface area contributed by atoms with E-state index in [4.69, 9.17) is 4.74 Å². The fourth-order valence-electron chi connectivity index (χ4n) is 2.57. The first-order chi connectivity index (χ1) is 8.72. The average Bonchev–Trinajstić information content (AvgIpc) is 2.36. The Morgan fingerprint density at radius 2 is 1.67 bits per heavy atom. The molecule has 0 fully saturated rings. The van der Waals surface area contributed by atoms with Gasteiger partial charge >= 0.3 is 0 Å². The van der Waals surface area contributed by atoms with Crippen LogP contribution in [0.3, 0.4) is 0 Å². The maximum atomic E-state index is 5.69. The molecule has 1 aromatic carbocycles. The second kappa shape index (κ2) is 8.18. The summed E-state index contributed by atoms with van der Waals surface area (Å²) < 4.78 is 5.69. The Morgan fingerprint density at radius 1 is 1.00 bits per heavy atom. The molecule has 102 valence electrons. The van der Waals surface area contributed by atoms with Crippen molar-refractivity contribution in [2.45, 2.75) is 65.7 Å². The van der Waals surface area contributed by atoms with Crippen LogP contribution in [-0.2, 0) is 0 Å². The zero-order valence-corrected chi connectivity index (χ0v) is 12.5. The third kappa shape index (κ3) is 4.36. The van der Waals surface area contributed by atoms with Gasteiger partial charge in [0.05, 0.1) is 6.61 Å². The molecule has 0 aliphatic carbocycles. The maximum Gasteiger partial charge on any atom is 0.119 e. The second-order valence-corrected chi connectivity index (χ2v) is 5.14. The molecule has 18 heavy (non-hydrogen) atoms. The SMILES string of the molecule is CCCOc1ccc(C(CCC)CCC)c(C)c1. The van der Waals surface area contributed by atoms with Crippen LogP contribution in [0.5, 0.6) is 5.75 Å². The van der Waals surface area contributed by atoms with E-state index >= 15 is 0 Å². The third-order valence-electron chi connectivity index (χ3n) is 3.43. The minimum absolute atomic E-state index is 0.722. The first-order valence-electron chi connectivity index (χ1n) is 7.46. The summed E-state index contributed by atoms with van der Waals surface area (Å²) in [5.41, 5.74) is 2.90. The van der Waals surface area contributed by atoms with Crippen LogP contribution < -0.4 is 4.74 Å². The smallest absolute Gasteiger partial charge is 0.119 e. The van der Waals surface area contributed by atoms with Crippen LogP contribution in [0, 0.1) is 6.92 Å². The zero-order valence-electron chi connectivity index (χ0n) is 12.5. The summed E-state index contributed by atoms with van der Waals surface area (Å²) >= 11 is 0. The van der Waals surface area contributed by atoms with Crippen molar-refractivity contribution in [2.24, 2.45) is 0 Å². The molecule has 0 bridgehead atoms. The monoisotopic (exact) mass is 248 g/mol. The average molecular weight is 248 g/mol. The predicted molar refractivity (Wildman–Crippen MR) is 79.5 cm³/mol. The van der Waals surface area contributed by atoms with E-state index in [9.17, 15) is 0 Å². The summed E-state index contributed by atoms with van der Waals surface area (Å²) in [6, 6.07) is 6.61. The minimum Gasteiger partial charge on any atom is -0.494 e. The van der Waals surface area contributed by atoms with E-state index in [-0.39, 0.29) is 0 Å². The molecule has 0 unspecified atom stereocenters. The van der Waals surface area contributed by atoms with Crippen molar-refractivity contribution < 1.29 is 4.74 Å². The van der Waals surface area contributed by atoms with E-state index in [1.165, 1.54) is 36.8 Å². The van der Waals surface area contributed by atoms with Crippen molar-refractivity contribution in [2.75, 3.05) is 6.61 Å². The van der Waals surface area contributed by atoms with E-state index < -0.39 is 0 Å². The highest BCUT2D eigenvalue weighted by Crippen LogP contribution is 2.30. The lowest BCUT2D eigenvalue weighted by Crippen LogP contribution is -2.02. The summed E-state index contributed by atoms with van der Waals surface area (Å²) in [5.74, 6) is 1.74. The summed E-state index contributed by atoms with van der Waals surface area (Å²) in [6.07, 6.45) is 6.18. The van der Waals surface area contributed by atoms with Crippen LogP contribution in [0.15, 0.2) is 18.2 Å². The molecule has 0 spiro atoms. The molecule has 0 aromatic heterocycles. The number of aryl methyl sites for hydroxylation is 1. The molecule has 0 aliphatic rings. The minimum atomic E-state index is 0.722. The first kappa shape index (κ1) is 15.1. The highest BCUT2D eigenvalue weighted by molar-refractivity contribution is 5.37. The van der Waals surface area contributed by atoms with Gasteiger partial charge in [0.2, 0.25) is 0 Å². The summed E-state index contributed by atoms with van der Waals surface area (Å²) in [7, 11) is 0. The van der Waals surface area contributed by atoms with Gasteiger partial charge in [-0.3, -0.25) is 0 Å². The quantitative estimate of drug-likeness (QED) is 0.593. The standard InChI is InChI=1S/C17H28O/c1-5-8-15(9-6-2)17-11-10-16(13-14(17)4)18-12-7-3/h10-11,13,15H,5-9,12H2,1-4H3. The lowest BCUT2D eigenvalue weighted by atomic mass is 9.87. The van der Waals surface area contributed by atoms with Crippen LogP contribution in [0.1, 0.15) is 69.9 Å². The molecular weight excluding hydrogens is 220 g/mol. The number of hydrogen-bond donors (Lipinski definition) is 0. The molecular formula is C17H28O. The van der Waals surface area contributed by atoms with Crippen LogP contribution in [-0.4, -0.2) is 6.61 Å². The molecule has 0 aliphatic heterocycles. The van der Waals surface area contributed by atoms with E-state index in [0.29, 0.717) is 0 Å². The van der Waals surface area contributed by atoms with E-state index in [2.05, 4.69) is 45.9 Å². The molecule has 0 N–H and O–H groups in total. The highest BCUT2D eigenvalue weighted by Gasteiger charge is 2.12. The number of benzene rings is 1.